The van der Waals surface area contributed by atoms with E-state index >= 15 is 0 Å². The molecule has 0 aromatic carbocycles. The molecule has 1 saturated carbocycles. The van der Waals surface area contributed by atoms with Crippen molar-refractivity contribution >= 4 is 11.8 Å². The van der Waals surface area contributed by atoms with Crippen LogP contribution in [0.2, 0.25) is 0 Å². The Morgan fingerprint density at radius 1 is 1.35 bits per heavy atom. The van der Waals surface area contributed by atoms with Crippen LogP contribution in [-0.4, -0.2) is 34.3 Å². The standard InChI is InChI=1S/C15H21N3O2/c1-12(19)18(10-14-8-4-5-9-16-14)11-15(20)17-13-6-2-3-7-13/h4-5,8-9,13H,2-3,6-7,10-11H2,1H3,(H,17,20). The van der Waals surface area contributed by atoms with Crippen LogP contribution in [0.25, 0.3) is 0 Å². The molecule has 0 saturated heterocycles. The molecule has 5 heteroatoms. The molecule has 1 aliphatic rings. The third kappa shape index (κ3) is 4.33. The normalized spacial score (nSPS) is 15.1. The van der Waals surface area contributed by atoms with Gasteiger partial charge in [-0.3, -0.25) is 14.6 Å². The lowest BCUT2D eigenvalue weighted by Gasteiger charge is -2.21. The second-order valence-corrected chi connectivity index (χ2v) is 5.25. The first kappa shape index (κ1) is 14.5. The van der Waals surface area contributed by atoms with Crippen molar-refractivity contribution in [3.63, 3.8) is 0 Å². The van der Waals surface area contributed by atoms with Crippen molar-refractivity contribution in [1.82, 2.24) is 15.2 Å². The molecule has 108 valence electrons. The monoisotopic (exact) mass is 275 g/mol. The Balaban J connectivity index is 1.88. The smallest absolute Gasteiger partial charge is 0.239 e. The minimum absolute atomic E-state index is 0.0805. The lowest BCUT2D eigenvalue weighted by atomic mass is 10.2. The predicted molar refractivity (Wildman–Crippen MR) is 75.7 cm³/mol. The maximum atomic E-state index is 12.0. The summed E-state index contributed by atoms with van der Waals surface area (Å²) >= 11 is 0. The fourth-order valence-corrected chi connectivity index (χ4v) is 2.48. The summed E-state index contributed by atoms with van der Waals surface area (Å²) in [4.78, 5) is 29.3. The third-order valence-electron chi connectivity index (χ3n) is 3.58. The Morgan fingerprint density at radius 2 is 2.10 bits per heavy atom. The minimum Gasteiger partial charge on any atom is -0.352 e. The zero-order chi connectivity index (χ0) is 14.4. The van der Waals surface area contributed by atoms with Crippen LogP contribution < -0.4 is 5.32 Å². The van der Waals surface area contributed by atoms with Gasteiger partial charge in [-0.15, -0.1) is 0 Å². The van der Waals surface area contributed by atoms with Gasteiger partial charge in [-0.1, -0.05) is 18.9 Å². The van der Waals surface area contributed by atoms with Gasteiger partial charge in [0, 0.05) is 19.2 Å². The highest BCUT2D eigenvalue weighted by Gasteiger charge is 2.20. The minimum atomic E-state index is -0.114. The molecule has 0 radical (unpaired) electrons. The molecule has 2 rings (SSSR count). The molecule has 1 heterocycles. The first-order valence-corrected chi connectivity index (χ1v) is 7.10. The van der Waals surface area contributed by atoms with Gasteiger partial charge in [0.15, 0.2) is 0 Å². The van der Waals surface area contributed by atoms with E-state index in [-0.39, 0.29) is 24.4 Å². The van der Waals surface area contributed by atoms with Gasteiger partial charge in [0.2, 0.25) is 11.8 Å². The summed E-state index contributed by atoms with van der Waals surface area (Å²) in [5.74, 6) is -0.194. The number of nitrogens with one attached hydrogen (secondary N) is 1. The number of hydrogen-bond acceptors (Lipinski definition) is 3. The maximum Gasteiger partial charge on any atom is 0.239 e. The van der Waals surface area contributed by atoms with Crippen molar-refractivity contribution < 1.29 is 9.59 Å². The summed E-state index contributed by atoms with van der Waals surface area (Å²) < 4.78 is 0. The van der Waals surface area contributed by atoms with E-state index in [9.17, 15) is 9.59 Å². The Kier molecular flexibility index (Phi) is 5.09. The van der Waals surface area contributed by atoms with E-state index < -0.39 is 0 Å². The molecule has 0 bridgehead atoms. The number of pyridine rings is 1. The van der Waals surface area contributed by atoms with Crippen molar-refractivity contribution in [1.29, 1.82) is 0 Å². The Bertz CT molecular complexity index is 455. The highest BCUT2D eigenvalue weighted by molar-refractivity contribution is 5.83. The van der Waals surface area contributed by atoms with E-state index in [1.54, 1.807) is 6.20 Å². The van der Waals surface area contributed by atoms with Gasteiger partial charge < -0.3 is 10.2 Å². The molecular weight excluding hydrogens is 254 g/mol. The van der Waals surface area contributed by atoms with Gasteiger partial charge >= 0.3 is 0 Å². The summed E-state index contributed by atoms with van der Waals surface area (Å²) in [5.41, 5.74) is 0.788. The molecule has 1 aliphatic carbocycles. The van der Waals surface area contributed by atoms with Gasteiger partial charge in [-0.25, -0.2) is 0 Å². The van der Waals surface area contributed by atoms with Crippen LogP contribution in [0.1, 0.15) is 38.3 Å². The maximum absolute atomic E-state index is 12.0. The first-order chi connectivity index (χ1) is 9.65. The fraction of sp³-hybridized carbons (Fsp3) is 0.533. The third-order valence-corrected chi connectivity index (χ3v) is 3.58. The molecule has 1 N–H and O–H groups in total. The molecule has 0 unspecified atom stereocenters. The van der Waals surface area contributed by atoms with Crippen LogP contribution in [0.15, 0.2) is 24.4 Å². The molecule has 2 amide bonds. The lowest BCUT2D eigenvalue weighted by Crippen LogP contribution is -2.42. The highest BCUT2D eigenvalue weighted by Crippen LogP contribution is 2.17. The summed E-state index contributed by atoms with van der Waals surface area (Å²) in [6, 6.07) is 5.84. The van der Waals surface area contributed by atoms with Crippen LogP contribution in [0, 0.1) is 0 Å². The van der Waals surface area contributed by atoms with Crippen molar-refractivity contribution in [2.75, 3.05) is 6.54 Å². The van der Waals surface area contributed by atoms with E-state index in [4.69, 9.17) is 0 Å². The number of hydrogen-bond donors (Lipinski definition) is 1. The highest BCUT2D eigenvalue weighted by atomic mass is 16.2. The number of carbonyl (C=O) groups excluding carboxylic acids is 2. The first-order valence-electron chi connectivity index (χ1n) is 7.10. The number of aromatic nitrogens is 1. The van der Waals surface area contributed by atoms with Crippen molar-refractivity contribution in [2.45, 2.75) is 45.2 Å². The van der Waals surface area contributed by atoms with E-state index in [2.05, 4.69) is 10.3 Å². The average molecular weight is 275 g/mol. The van der Waals surface area contributed by atoms with Crippen LogP contribution in [0.3, 0.4) is 0 Å². The average Bonchev–Trinajstić information content (AvgIpc) is 2.92. The van der Waals surface area contributed by atoms with Crippen LogP contribution in [0.4, 0.5) is 0 Å². The molecule has 0 aliphatic heterocycles. The second-order valence-electron chi connectivity index (χ2n) is 5.25. The molecule has 1 aromatic rings. The molecule has 0 spiro atoms. The van der Waals surface area contributed by atoms with E-state index in [1.165, 1.54) is 24.7 Å². The molecule has 0 atom stereocenters. The van der Waals surface area contributed by atoms with Gasteiger partial charge in [-0.2, -0.15) is 0 Å². The summed E-state index contributed by atoms with van der Waals surface area (Å²) in [6.07, 6.45) is 6.13. The SMILES string of the molecule is CC(=O)N(CC(=O)NC1CCCC1)Cc1ccccn1. The van der Waals surface area contributed by atoms with Crippen LogP contribution in [-0.2, 0) is 16.1 Å². The predicted octanol–water partition coefficient (Wildman–Crippen LogP) is 1.49. The zero-order valence-corrected chi connectivity index (χ0v) is 11.8. The Hall–Kier alpha value is -1.91. The van der Waals surface area contributed by atoms with Crippen LogP contribution in [0.5, 0.6) is 0 Å². The number of rotatable bonds is 5. The Labute approximate surface area is 119 Å². The van der Waals surface area contributed by atoms with Crippen molar-refractivity contribution in [2.24, 2.45) is 0 Å². The van der Waals surface area contributed by atoms with Crippen molar-refractivity contribution in [3.8, 4) is 0 Å². The lowest BCUT2D eigenvalue weighted by molar-refractivity contribution is -0.135. The number of carbonyl (C=O) groups is 2. The molecule has 5 nitrogen and oxygen atoms in total. The number of nitrogens with zero attached hydrogens (tertiary/aromatic N) is 2. The molecule has 1 aromatic heterocycles. The number of amides is 2. The van der Waals surface area contributed by atoms with E-state index in [0.717, 1.165) is 18.5 Å². The van der Waals surface area contributed by atoms with Gasteiger partial charge in [0.1, 0.15) is 0 Å². The zero-order valence-electron chi connectivity index (χ0n) is 11.8. The Morgan fingerprint density at radius 3 is 2.70 bits per heavy atom. The van der Waals surface area contributed by atoms with Gasteiger partial charge in [0.25, 0.3) is 0 Å². The second kappa shape index (κ2) is 7.03. The topological polar surface area (TPSA) is 62.3 Å². The van der Waals surface area contributed by atoms with Gasteiger partial charge in [0.05, 0.1) is 18.8 Å². The molecule has 20 heavy (non-hydrogen) atoms. The molecular formula is C15H21N3O2. The largest absolute Gasteiger partial charge is 0.352 e. The van der Waals surface area contributed by atoms with E-state index in [1.807, 2.05) is 18.2 Å². The summed E-state index contributed by atoms with van der Waals surface area (Å²) in [7, 11) is 0. The van der Waals surface area contributed by atoms with E-state index in [0.29, 0.717) is 6.54 Å². The summed E-state index contributed by atoms with van der Waals surface area (Å²) in [6.45, 7) is 1.95. The van der Waals surface area contributed by atoms with Crippen molar-refractivity contribution in [3.05, 3.63) is 30.1 Å². The van der Waals surface area contributed by atoms with Gasteiger partial charge in [-0.05, 0) is 25.0 Å². The van der Waals surface area contributed by atoms with Crippen LogP contribution >= 0.6 is 0 Å². The fourth-order valence-electron chi connectivity index (χ4n) is 2.48. The molecule has 1 fully saturated rings. The summed E-state index contributed by atoms with van der Waals surface area (Å²) in [5, 5.41) is 3.00. The quantitative estimate of drug-likeness (QED) is 0.885.